The van der Waals surface area contributed by atoms with Gasteiger partial charge in [-0.05, 0) is 22.0 Å². The van der Waals surface area contributed by atoms with E-state index < -0.39 is 0 Å². The van der Waals surface area contributed by atoms with E-state index in [0.717, 1.165) is 16.8 Å². The predicted molar refractivity (Wildman–Crippen MR) is 47.2 cm³/mol. The zero-order chi connectivity index (χ0) is 8.39. The van der Waals surface area contributed by atoms with Crippen molar-refractivity contribution in [3.8, 4) is 5.75 Å². The molecule has 2 rings (SSSR count). The molecule has 1 unspecified atom stereocenters. The molecule has 4 heteroatoms. The Hall–Kier alpha value is -0.610. The third kappa shape index (κ3) is 2.19. The van der Waals surface area contributed by atoms with E-state index in [9.17, 15) is 0 Å². The predicted octanol–water partition coefficient (Wildman–Crippen LogP) is 1.62. The van der Waals surface area contributed by atoms with Gasteiger partial charge in [-0.1, -0.05) is 0 Å². The number of halogens is 1. The van der Waals surface area contributed by atoms with Gasteiger partial charge in [0.05, 0.1) is 12.8 Å². The lowest BCUT2D eigenvalue weighted by atomic mass is 10.4. The smallest absolute Gasteiger partial charge is 0.138 e. The lowest BCUT2D eigenvalue weighted by Crippen LogP contribution is -2.03. The molecule has 0 aliphatic carbocycles. The van der Waals surface area contributed by atoms with E-state index in [-0.39, 0.29) is 0 Å². The van der Waals surface area contributed by atoms with E-state index in [1.807, 2.05) is 6.07 Å². The molecular formula is C8H8BrNO2. The molecule has 0 bridgehead atoms. The van der Waals surface area contributed by atoms with Crippen LogP contribution in [0.4, 0.5) is 0 Å². The van der Waals surface area contributed by atoms with Crippen molar-refractivity contribution >= 4 is 15.9 Å². The molecule has 1 aromatic heterocycles. The summed E-state index contributed by atoms with van der Waals surface area (Å²) >= 11 is 3.31. The molecule has 2 heterocycles. The Morgan fingerprint density at radius 3 is 3.17 bits per heavy atom. The molecule has 1 aliphatic rings. The Labute approximate surface area is 78.8 Å². The standard InChI is InChI=1S/C8H8BrNO2/c9-6-1-7(3-10-2-6)11-4-8-5-12-8/h1-3,8H,4-5H2. The van der Waals surface area contributed by atoms with Crippen LogP contribution in [-0.2, 0) is 4.74 Å². The van der Waals surface area contributed by atoms with Gasteiger partial charge in [0.15, 0.2) is 0 Å². The average molecular weight is 230 g/mol. The fourth-order valence-corrected chi connectivity index (χ4v) is 1.17. The lowest BCUT2D eigenvalue weighted by Gasteiger charge is -2.02. The molecule has 1 saturated heterocycles. The fraction of sp³-hybridized carbons (Fsp3) is 0.375. The van der Waals surface area contributed by atoms with Gasteiger partial charge in [-0.3, -0.25) is 4.98 Å². The molecule has 0 amide bonds. The quantitative estimate of drug-likeness (QED) is 0.740. The first-order chi connectivity index (χ1) is 5.84. The maximum Gasteiger partial charge on any atom is 0.138 e. The Balaban J connectivity index is 1.92. The van der Waals surface area contributed by atoms with Gasteiger partial charge in [0.25, 0.3) is 0 Å². The van der Waals surface area contributed by atoms with Crippen LogP contribution in [-0.4, -0.2) is 24.3 Å². The highest BCUT2D eigenvalue weighted by Gasteiger charge is 2.22. The summed E-state index contributed by atoms with van der Waals surface area (Å²) in [7, 11) is 0. The monoisotopic (exact) mass is 229 g/mol. The van der Waals surface area contributed by atoms with Gasteiger partial charge in [0.2, 0.25) is 0 Å². The van der Waals surface area contributed by atoms with Crippen molar-refractivity contribution < 1.29 is 9.47 Å². The van der Waals surface area contributed by atoms with Crippen LogP contribution < -0.4 is 4.74 Å². The van der Waals surface area contributed by atoms with E-state index >= 15 is 0 Å². The molecule has 1 fully saturated rings. The summed E-state index contributed by atoms with van der Waals surface area (Å²) in [5.41, 5.74) is 0. The van der Waals surface area contributed by atoms with Crippen molar-refractivity contribution in [2.75, 3.05) is 13.2 Å². The molecule has 64 valence electrons. The summed E-state index contributed by atoms with van der Waals surface area (Å²) in [5.74, 6) is 0.778. The van der Waals surface area contributed by atoms with Gasteiger partial charge >= 0.3 is 0 Å². The number of pyridine rings is 1. The molecule has 0 aromatic carbocycles. The summed E-state index contributed by atoms with van der Waals surface area (Å²) < 4.78 is 11.3. The van der Waals surface area contributed by atoms with Gasteiger partial charge in [-0.15, -0.1) is 0 Å². The molecule has 0 spiro atoms. The Morgan fingerprint density at radius 1 is 1.67 bits per heavy atom. The van der Waals surface area contributed by atoms with Gasteiger partial charge < -0.3 is 9.47 Å². The second-order valence-electron chi connectivity index (χ2n) is 2.61. The van der Waals surface area contributed by atoms with Crippen LogP contribution in [0.2, 0.25) is 0 Å². The number of hydrogen-bond acceptors (Lipinski definition) is 3. The number of aromatic nitrogens is 1. The zero-order valence-electron chi connectivity index (χ0n) is 6.37. The largest absolute Gasteiger partial charge is 0.489 e. The minimum Gasteiger partial charge on any atom is -0.489 e. The number of hydrogen-bond donors (Lipinski definition) is 0. The average Bonchev–Trinajstić information content (AvgIpc) is 2.84. The van der Waals surface area contributed by atoms with Crippen molar-refractivity contribution in [1.82, 2.24) is 4.98 Å². The summed E-state index contributed by atoms with van der Waals surface area (Å²) in [6.45, 7) is 1.44. The highest BCUT2D eigenvalue weighted by Crippen LogP contribution is 2.17. The second kappa shape index (κ2) is 3.41. The van der Waals surface area contributed by atoms with Crippen LogP contribution in [0.3, 0.4) is 0 Å². The number of rotatable bonds is 3. The number of epoxide rings is 1. The Bertz CT molecular complexity index is 276. The molecule has 0 N–H and O–H groups in total. The van der Waals surface area contributed by atoms with E-state index in [1.165, 1.54) is 0 Å². The first-order valence-corrected chi connectivity index (χ1v) is 4.49. The molecule has 1 aliphatic heterocycles. The summed E-state index contributed by atoms with van der Waals surface area (Å²) in [4.78, 5) is 3.97. The van der Waals surface area contributed by atoms with Crippen LogP contribution in [0.5, 0.6) is 5.75 Å². The van der Waals surface area contributed by atoms with E-state index in [2.05, 4.69) is 20.9 Å². The highest BCUT2D eigenvalue weighted by atomic mass is 79.9. The zero-order valence-corrected chi connectivity index (χ0v) is 7.95. The maximum absolute atomic E-state index is 5.39. The Kier molecular flexibility index (Phi) is 2.28. The van der Waals surface area contributed by atoms with Gasteiger partial charge in [-0.2, -0.15) is 0 Å². The minimum atomic E-state index is 0.295. The van der Waals surface area contributed by atoms with E-state index in [1.54, 1.807) is 12.4 Å². The van der Waals surface area contributed by atoms with Crippen molar-refractivity contribution in [2.24, 2.45) is 0 Å². The van der Waals surface area contributed by atoms with Crippen LogP contribution in [0.25, 0.3) is 0 Å². The van der Waals surface area contributed by atoms with Crippen molar-refractivity contribution in [1.29, 1.82) is 0 Å². The topological polar surface area (TPSA) is 34.6 Å². The number of ether oxygens (including phenoxy) is 2. The molecule has 12 heavy (non-hydrogen) atoms. The van der Waals surface area contributed by atoms with Crippen LogP contribution >= 0.6 is 15.9 Å². The summed E-state index contributed by atoms with van der Waals surface area (Å²) in [6.07, 6.45) is 3.71. The third-order valence-corrected chi connectivity index (χ3v) is 1.95. The second-order valence-corrected chi connectivity index (χ2v) is 3.52. The van der Waals surface area contributed by atoms with Gasteiger partial charge in [0, 0.05) is 10.7 Å². The van der Waals surface area contributed by atoms with Crippen molar-refractivity contribution in [2.45, 2.75) is 6.10 Å². The molecule has 0 radical (unpaired) electrons. The first kappa shape index (κ1) is 8.01. The maximum atomic E-state index is 5.39. The van der Waals surface area contributed by atoms with E-state index in [0.29, 0.717) is 12.7 Å². The Morgan fingerprint density at radius 2 is 2.50 bits per heavy atom. The lowest BCUT2D eigenvalue weighted by molar-refractivity contribution is 0.262. The minimum absolute atomic E-state index is 0.295. The summed E-state index contributed by atoms with van der Waals surface area (Å²) in [6, 6.07) is 1.88. The molecular weight excluding hydrogens is 222 g/mol. The molecule has 3 nitrogen and oxygen atoms in total. The molecule has 1 atom stereocenters. The van der Waals surface area contributed by atoms with Gasteiger partial charge in [-0.25, -0.2) is 0 Å². The fourth-order valence-electron chi connectivity index (χ4n) is 0.825. The first-order valence-electron chi connectivity index (χ1n) is 3.69. The molecule has 0 saturated carbocycles. The van der Waals surface area contributed by atoms with Crippen LogP contribution in [0.15, 0.2) is 22.9 Å². The number of nitrogens with zero attached hydrogens (tertiary/aromatic N) is 1. The normalized spacial score (nSPS) is 20.6. The SMILES string of the molecule is Brc1cncc(OCC2CO2)c1. The molecule has 1 aromatic rings. The summed E-state index contributed by atoms with van der Waals surface area (Å²) in [5, 5.41) is 0. The van der Waals surface area contributed by atoms with Gasteiger partial charge in [0.1, 0.15) is 18.5 Å². The van der Waals surface area contributed by atoms with Crippen LogP contribution in [0.1, 0.15) is 0 Å². The highest BCUT2D eigenvalue weighted by molar-refractivity contribution is 9.10. The van der Waals surface area contributed by atoms with E-state index in [4.69, 9.17) is 9.47 Å². The third-order valence-electron chi connectivity index (χ3n) is 1.52. The van der Waals surface area contributed by atoms with Crippen LogP contribution in [0, 0.1) is 0 Å². The van der Waals surface area contributed by atoms with Crippen molar-refractivity contribution in [3.05, 3.63) is 22.9 Å². The van der Waals surface area contributed by atoms with Crippen molar-refractivity contribution in [3.63, 3.8) is 0 Å².